The van der Waals surface area contributed by atoms with E-state index in [0.29, 0.717) is 17.2 Å². The molecule has 0 saturated carbocycles. The number of nitrogens with one attached hydrogen (secondary N) is 1. The van der Waals surface area contributed by atoms with Gasteiger partial charge >= 0.3 is 6.03 Å². The average Bonchev–Trinajstić information content (AvgIpc) is 3.19. The van der Waals surface area contributed by atoms with Gasteiger partial charge in [0, 0.05) is 9.90 Å². The van der Waals surface area contributed by atoms with Gasteiger partial charge in [0.2, 0.25) is 0 Å². The number of amides is 3. The second-order valence-electron chi connectivity index (χ2n) is 6.23. The van der Waals surface area contributed by atoms with Crippen LogP contribution in [0.1, 0.15) is 17.4 Å². The summed E-state index contributed by atoms with van der Waals surface area (Å²) in [4.78, 5) is 27.1. The van der Waals surface area contributed by atoms with Crippen molar-refractivity contribution >= 4 is 34.9 Å². The van der Waals surface area contributed by atoms with E-state index >= 15 is 0 Å². The first-order valence-corrected chi connectivity index (χ1v) is 9.34. The fourth-order valence-electron chi connectivity index (χ4n) is 2.80. The van der Waals surface area contributed by atoms with Crippen molar-refractivity contribution in [3.63, 3.8) is 0 Å². The minimum Gasteiger partial charge on any atom is -0.389 e. The second kappa shape index (κ2) is 7.75. The molecule has 1 aliphatic heterocycles. The Bertz CT molecular complexity index is 781. The van der Waals surface area contributed by atoms with Gasteiger partial charge < -0.3 is 15.2 Å². The van der Waals surface area contributed by atoms with Gasteiger partial charge in [-0.05, 0) is 36.1 Å². The third kappa shape index (κ3) is 3.91. The van der Waals surface area contributed by atoms with Crippen molar-refractivity contribution in [2.75, 3.05) is 13.2 Å². The summed E-state index contributed by atoms with van der Waals surface area (Å²) in [5.74, 6) is -0.415. The number of aliphatic hydroxyl groups is 1. The Morgan fingerprint density at radius 1 is 1.31 bits per heavy atom. The van der Waals surface area contributed by atoms with Crippen LogP contribution in [0.4, 0.5) is 4.79 Å². The predicted molar refractivity (Wildman–Crippen MR) is 99.0 cm³/mol. The molecule has 1 aromatic carbocycles. The number of carbonyl (C=O) groups excluding carboxylic acids is 2. The fourth-order valence-corrected chi connectivity index (χ4v) is 3.56. The van der Waals surface area contributed by atoms with Crippen molar-refractivity contribution in [2.45, 2.75) is 25.2 Å². The molecule has 0 bridgehead atoms. The molecular formula is C18H19ClN2O4S. The Morgan fingerprint density at radius 3 is 2.69 bits per heavy atom. The van der Waals surface area contributed by atoms with Crippen molar-refractivity contribution in [3.8, 4) is 0 Å². The number of hydrogen-bond donors (Lipinski definition) is 2. The van der Waals surface area contributed by atoms with Gasteiger partial charge in [0.1, 0.15) is 5.54 Å². The highest BCUT2D eigenvalue weighted by molar-refractivity contribution is 7.09. The summed E-state index contributed by atoms with van der Waals surface area (Å²) in [7, 11) is 0. The summed E-state index contributed by atoms with van der Waals surface area (Å²) in [6.45, 7) is 1.93. The maximum absolute atomic E-state index is 12.8. The minimum atomic E-state index is -1.18. The lowest BCUT2D eigenvalue weighted by Gasteiger charge is -2.23. The fraction of sp³-hybridized carbons (Fsp3) is 0.333. The molecule has 1 fully saturated rings. The monoisotopic (exact) mass is 394 g/mol. The molecule has 2 N–H and O–H groups in total. The zero-order valence-electron chi connectivity index (χ0n) is 14.1. The van der Waals surface area contributed by atoms with Crippen LogP contribution in [0.25, 0.3) is 0 Å². The highest BCUT2D eigenvalue weighted by Gasteiger charge is 2.49. The first kappa shape index (κ1) is 18.8. The highest BCUT2D eigenvalue weighted by atomic mass is 35.5. The molecule has 0 spiro atoms. The molecule has 1 aromatic heterocycles. The lowest BCUT2D eigenvalue weighted by molar-refractivity contribution is -0.132. The normalized spacial score (nSPS) is 21.1. The van der Waals surface area contributed by atoms with Gasteiger partial charge in [-0.15, -0.1) is 11.3 Å². The minimum absolute atomic E-state index is 0.0343. The van der Waals surface area contributed by atoms with E-state index in [-0.39, 0.29) is 13.2 Å². The van der Waals surface area contributed by atoms with Crippen LogP contribution in [0.2, 0.25) is 5.02 Å². The van der Waals surface area contributed by atoms with Crippen molar-refractivity contribution < 1.29 is 19.4 Å². The number of urea groups is 1. The Kier molecular flexibility index (Phi) is 5.62. The topological polar surface area (TPSA) is 78.9 Å². The van der Waals surface area contributed by atoms with E-state index in [1.807, 2.05) is 17.5 Å². The predicted octanol–water partition coefficient (Wildman–Crippen LogP) is 2.75. The number of nitrogens with zero attached hydrogens (tertiary/aromatic N) is 1. The number of β-amino-alcohol motifs (C(OH)–C–C–N with tert-alkyl or cyclic N) is 1. The molecule has 3 rings (SSSR count). The van der Waals surface area contributed by atoms with Crippen molar-refractivity contribution in [1.82, 2.24) is 10.2 Å². The van der Waals surface area contributed by atoms with Crippen LogP contribution in [0.3, 0.4) is 0 Å². The molecule has 2 atom stereocenters. The standard InChI is InChI=1S/C18H19ClN2O4S/c1-18(12-4-6-13(19)7-5-12)16(23)21(17(24)20-18)9-14(22)10-25-11-15-3-2-8-26-15/h2-8,14,22H,9-11H2,1H3,(H,20,24)/t14-,18+/m1/s1. The number of benzene rings is 1. The molecule has 0 unspecified atom stereocenters. The van der Waals surface area contributed by atoms with Gasteiger partial charge in [-0.2, -0.15) is 0 Å². The maximum Gasteiger partial charge on any atom is 0.325 e. The van der Waals surface area contributed by atoms with Crippen LogP contribution >= 0.6 is 22.9 Å². The van der Waals surface area contributed by atoms with E-state index < -0.39 is 23.6 Å². The quantitative estimate of drug-likeness (QED) is 0.708. The summed E-state index contributed by atoms with van der Waals surface area (Å²) in [6, 6.07) is 10.0. The molecule has 0 aliphatic carbocycles. The summed E-state index contributed by atoms with van der Waals surface area (Å²) < 4.78 is 5.45. The van der Waals surface area contributed by atoms with E-state index in [9.17, 15) is 14.7 Å². The molecule has 0 radical (unpaired) electrons. The first-order valence-electron chi connectivity index (χ1n) is 8.08. The third-order valence-corrected chi connectivity index (χ3v) is 5.33. The van der Waals surface area contributed by atoms with Crippen LogP contribution in [-0.4, -0.2) is 41.2 Å². The van der Waals surface area contributed by atoms with Gasteiger partial charge in [-0.3, -0.25) is 9.69 Å². The molecule has 1 aliphatic rings. The smallest absolute Gasteiger partial charge is 0.325 e. The molecule has 26 heavy (non-hydrogen) atoms. The summed E-state index contributed by atoms with van der Waals surface area (Å²) >= 11 is 7.44. The van der Waals surface area contributed by atoms with E-state index in [4.69, 9.17) is 16.3 Å². The highest BCUT2D eigenvalue weighted by Crippen LogP contribution is 2.29. The molecule has 8 heteroatoms. The summed E-state index contributed by atoms with van der Waals surface area (Å²) in [5.41, 5.74) is -0.551. The Balaban J connectivity index is 1.60. The third-order valence-electron chi connectivity index (χ3n) is 4.22. The van der Waals surface area contributed by atoms with Crippen molar-refractivity contribution in [3.05, 3.63) is 57.2 Å². The summed E-state index contributed by atoms with van der Waals surface area (Å²) in [6.07, 6.45) is -0.961. The van der Waals surface area contributed by atoms with E-state index in [2.05, 4.69) is 5.32 Å². The van der Waals surface area contributed by atoms with Gasteiger partial charge in [0.15, 0.2) is 0 Å². The van der Waals surface area contributed by atoms with E-state index in [1.54, 1.807) is 42.5 Å². The Hall–Kier alpha value is -1.93. The van der Waals surface area contributed by atoms with Crippen molar-refractivity contribution in [2.24, 2.45) is 0 Å². The Morgan fingerprint density at radius 2 is 2.04 bits per heavy atom. The molecule has 1 saturated heterocycles. The molecular weight excluding hydrogens is 376 g/mol. The van der Waals surface area contributed by atoms with Gasteiger partial charge in [0.25, 0.3) is 5.91 Å². The molecule has 138 valence electrons. The zero-order chi connectivity index (χ0) is 18.7. The molecule has 2 heterocycles. The van der Waals surface area contributed by atoms with Gasteiger partial charge in [-0.1, -0.05) is 29.8 Å². The van der Waals surface area contributed by atoms with E-state index in [1.165, 1.54) is 0 Å². The average molecular weight is 395 g/mol. The molecule has 3 amide bonds. The number of hydrogen-bond acceptors (Lipinski definition) is 5. The van der Waals surface area contributed by atoms with Crippen molar-refractivity contribution in [1.29, 1.82) is 0 Å². The number of rotatable bonds is 7. The number of imide groups is 1. The largest absolute Gasteiger partial charge is 0.389 e. The second-order valence-corrected chi connectivity index (χ2v) is 7.69. The van der Waals surface area contributed by atoms with Crippen LogP contribution in [0, 0.1) is 0 Å². The van der Waals surface area contributed by atoms with Gasteiger partial charge in [0.05, 0.1) is 25.9 Å². The lowest BCUT2D eigenvalue weighted by atomic mass is 9.92. The number of aliphatic hydroxyl groups excluding tert-OH is 1. The first-order chi connectivity index (χ1) is 12.4. The molecule has 6 nitrogen and oxygen atoms in total. The van der Waals surface area contributed by atoms with Crippen LogP contribution in [-0.2, 0) is 21.7 Å². The maximum atomic E-state index is 12.8. The zero-order valence-corrected chi connectivity index (χ0v) is 15.7. The SMILES string of the molecule is C[C@@]1(c2ccc(Cl)cc2)NC(=O)N(C[C@@H](O)COCc2cccs2)C1=O. The Labute approximate surface area is 160 Å². The van der Waals surface area contributed by atoms with Crippen LogP contribution in [0.5, 0.6) is 0 Å². The molecule has 2 aromatic rings. The van der Waals surface area contributed by atoms with Gasteiger partial charge in [-0.25, -0.2) is 4.79 Å². The number of halogens is 1. The number of carbonyl (C=O) groups is 2. The van der Waals surface area contributed by atoms with Crippen LogP contribution in [0.15, 0.2) is 41.8 Å². The number of thiophene rings is 1. The van der Waals surface area contributed by atoms with E-state index in [0.717, 1.165) is 9.78 Å². The lowest BCUT2D eigenvalue weighted by Crippen LogP contribution is -2.42. The van der Waals surface area contributed by atoms with Crippen LogP contribution < -0.4 is 5.32 Å². The number of ether oxygens (including phenoxy) is 1. The summed E-state index contributed by atoms with van der Waals surface area (Å²) in [5, 5.41) is 15.3.